The van der Waals surface area contributed by atoms with Gasteiger partial charge in [-0.2, -0.15) is 0 Å². The highest BCUT2D eigenvalue weighted by molar-refractivity contribution is 7.91. The number of nitrogens with one attached hydrogen (secondary N) is 1. The van der Waals surface area contributed by atoms with Crippen LogP contribution in [-0.4, -0.2) is 42.9 Å². The number of hydrogen-bond donors (Lipinski definition) is 2. The first-order valence-corrected chi connectivity index (χ1v) is 9.94. The first kappa shape index (κ1) is 18.4. The number of sulfone groups is 1. The summed E-state index contributed by atoms with van der Waals surface area (Å²) in [5, 5.41) is 11.8. The smallest absolute Gasteiger partial charge is 0.303 e. The Hall–Kier alpha value is -1.89. The number of benzene rings is 1. The summed E-state index contributed by atoms with van der Waals surface area (Å²) in [7, 11) is -3.01. The molecule has 1 saturated heterocycles. The van der Waals surface area contributed by atoms with Crippen molar-refractivity contribution in [1.29, 1.82) is 0 Å². The van der Waals surface area contributed by atoms with Crippen molar-refractivity contribution in [1.82, 2.24) is 5.32 Å². The monoisotopic (exact) mass is 353 g/mol. The molecule has 6 nitrogen and oxygen atoms in total. The molecule has 0 spiro atoms. The second-order valence-electron chi connectivity index (χ2n) is 6.25. The maximum absolute atomic E-state index is 12.4. The van der Waals surface area contributed by atoms with Crippen LogP contribution in [0.2, 0.25) is 0 Å². The molecular weight excluding hydrogens is 330 g/mol. The second kappa shape index (κ2) is 8.28. The summed E-state index contributed by atoms with van der Waals surface area (Å²) in [6.45, 7) is 0. The van der Waals surface area contributed by atoms with E-state index in [0.29, 0.717) is 25.7 Å². The predicted octanol–water partition coefficient (Wildman–Crippen LogP) is 1.40. The number of hydrogen-bond acceptors (Lipinski definition) is 4. The molecule has 1 aliphatic heterocycles. The normalized spacial score (nSPS) is 18.7. The number of carboxylic acid groups (broad SMARTS) is 1. The SMILES string of the molecule is O=C(O)CCC(Cc1ccccc1)NC(=O)C1CCS(=O)(=O)CC1. The van der Waals surface area contributed by atoms with Gasteiger partial charge in [-0.05, 0) is 31.2 Å². The maximum atomic E-state index is 12.4. The first-order valence-electron chi connectivity index (χ1n) is 8.12. The van der Waals surface area contributed by atoms with E-state index in [1.54, 1.807) is 0 Å². The van der Waals surface area contributed by atoms with Gasteiger partial charge in [0.05, 0.1) is 11.5 Å². The van der Waals surface area contributed by atoms with E-state index < -0.39 is 15.8 Å². The summed E-state index contributed by atoms with van der Waals surface area (Å²) in [6.07, 6.45) is 1.57. The molecule has 1 atom stereocenters. The van der Waals surface area contributed by atoms with Crippen molar-refractivity contribution in [3.05, 3.63) is 35.9 Å². The van der Waals surface area contributed by atoms with Gasteiger partial charge in [-0.1, -0.05) is 30.3 Å². The van der Waals surface area contributed by atoms with E-state index in [-0.39, 0.29) is 35.8 Å². The molecule has 2 N–H and O–H groups in total. The molecule has 0 saturated carbocycles. The fraction of sp³-hybridized carbons (Fsp3) is 0.529. The van der Waals surface area contributed by atoms with Crippen molar-refractivity contribution in [3.8, 4) is 0 Å². The van der Waals surface area contributed by atoms with E-state index >= 15 is 0 Å². The molecular formula is C17H23NO5S. The average Bonchev–Trinajstić information content (AvgIpc) is 2.53. The lowest BCUT2D eigenvalue weighted by atomic mass is 9.98. The zero-order chi connectivity index (χ0) is 17.6. The Morgan fingerprint density at radius 3 is 2.38 bits per heavy atom. The molecule has 7 heteroatoms. The van der Waals surface area contributed by atoms with E-state index in [1.807, 2.05) is 30.3 Å². The van der Waals surface area contributed by atoms with E-state index in [0.717, 1.165) is 5.56 Å². The summed E-state index contributed by atoms with van der Waals surface area (Å²) in [5.41, 5.74) is 1.03. The molecule has 132 valence electrons. The van der Waals surface area contributed by atoms with Crippen LogP contribution in [-0.2, 0) is 25.8 Å². The minimum absolute atomic E-state index is 0.0170. The first-order chi connectivity index (χ1) is 11.4. The zero-order valence-corrected chi connectivity index (χ0v) is 14.3. The van der Waals surface area contributed by atoms with Crippen LogP contribution in [0.15, 0.2) is 30.3 Å². The molecule has 0 aliphatic carbocycles. The van der Waals surface area contributed by atoms with Crippen LogP contribution >= 0.6 is 0 Å². The third-order valence-corrected chi connectivity index (χ3v) is 6.02. The van der Waals surface area contributed by atoms with Crippen molar-refractivity contribution in [3.63, 3.8) is 0 Å². The Kier molecular flexibility index (Phi) is 6.36. The standard InChI is InChI=1S/C17H23NO5S/c19-16(20)7-6-15(12-13-4-2-1-3-5-13)18-17(21)14-8-10-24(22,23)11-9-14/h1-5,14-15H,6-12H2,(H,18,21)(H,19,20). The molecule has 0 radical (unpaired) electrons. The van der Waals surface area contributed by atoms with Crippen LogP contribution in [0.3, 0.4) is 0 Å². The molecule has 1 aromatic carbocycles. The highest BCUT2D eigenvalue weighted by atomic mass is 32.2. The Bertz CT molecular complexity index is 657. The Labute approximate surface area is 142 Å². The van der Waals surface area contributed by atoms with Crippen LogP contribution in [0.5, 0.6) is 0 Å². The van der Waals surface area contributed by atoms with Gasteiger partial charge in [0.1, 0.15) is 9.84 Å². The Balaban J connectivity index is 1.96. The lowest BCUT2D eigenvalue weighted by Crippen LogP contribution is -2.42. The summed E-state index contributed by atoms with van der Waals surface area (Å²) < 4.78 is 22.9. The number of carboxylic acids is 1. The van der Waals surface area contributed by atoms with Gasteiger partial charge in [0.2, 0.25) is 5.91 Å². The molecule has 1 amide bonds. The largest absolute Gasteiger partial charge is 0.481 e. The van der Waals surface area contributed by atoms with Gasteiger partial charge < -0.3 is 10.4 Å². The van der Waals surface area contributed by atoms with Crippen LogP contribution in [0, 0.1) is 5.92 Å². The van der Waals surface area contributed by atoms with Crippen molar-refractivity contribution < 1.29 is 23.1 Å². The third-order valence-electron chi connectivity index (χ3n) is 4.30. The number of amides is 1. The molecule has 0 aromatic heterocycles. The number of rotatable bonds is 7. The minimum atomic E-state index is -3.01. The third kappa shape index (κ3) is 5.96. The summed E-state index contributed by atoms with van der Waals surface area (Å²) >= 11 is 0. The fourth-order valence-corrected chi connectivity index (χ4v) is 4.38. The zero-order valence-electron chi connectivity index (χ0n) is 13.5. The topological polar surface area (TPSA) is 101 Å². The molecule has 1 fully saturated rings. The predicted molar refractivity (Wildman–Crippen MR) is 90.3 cm³/mol. The van der Waals surface area contributed by atoms with Gasteiger partial charge in [0.25, 0.3) is 0 Å². The highest BCUT2D eigenvalue weighted by Gasteiger charge is 2.29. The van der Waals surface area contributed by atoms with Gasteiger partial charge in [-0.3, -0.25) is 9.59 Å². The van der Waals surface area contributed by atoms with Crippen molar-refractivity contribution in [2.75, 3.05) is 11.5 Å². The van der Waals surface area contributed by atoms with Crippen LogP contribution in [0.4, 0.5) is 0 Å². The van der Waals surface area contributed by atoms with Gasteiger partial charge in [-0.15, -0.1) is 0 Å². The highest BCUT2D eigenvalue weighted by Crippen LogP contribution is 2.20. The molecule has 0 bridgehead atoms. The lowest BCUT2D eigenvalue weighted by molar-refractivity contribution is -0.137. The van der Waals surface area contributed by atoms with E-state index in [4.69, 9.17) is 5.11 Å². The summed E-state index contributed by atoms with van der Waals surface area (Å²) in [5.74, 6) is -1.29. The lowest BCUT2D eigenvalue weighted by Gasteiger charge is -2.25. The minimum Gasteiger partial charge on any atom is -0.481 e. The van der Waals surface area contributed by atoms with Crippen LogP contribution in [0.1, 0.15) is 31.2 Å². The molecule has 1 heterocycles. The van der Waals surface area contributed by atoms with E-state index in [9.17, 15) is 18.0 Å². The van der Waals surface area contributed by atoms with E-state index in [2.05, 4.69) is 5.32 Å². The van der Waals surface area contributed by atoms with Gasteiger partial charge >= 0.3 is 5.97 Å². The number of carbonyl (C=O) groups is 2. The molecule has 1 unspecified atom stereocenters. The van der Waals surface area contributed by atoms with Crippen LogP contribution < -0.4 is 5.32 Å². The Morgan fingerprint density at radius 2 is 1.79 bits per heavy atom. The molecule has 1 aromatic rings. The van der Waals surface area contributed by atoms with E-state index in [1.165, 1.54) is 0 Å². The second-order valence-corrected chi connectivity index (χ2v) is 8.56. The maximum Gasteiger partial charge on any atom is 0.303 e. The van der Waals surface area contributed by atoms with Crippen molar-refractivity contribution in [2.24, 2.45) is 5.92 Å². The summed E-state index contributed by atoms with van der Waals surface area (Å²) in [4.78, 5) is 23.2. The number of aliphatic carboxylic acids is 1. The summed E-state index contributed by atoms with van der Waals surface area (Å²) in [6, 6.07) is 9.31. The van der Waals surface area contributed by atoms with Crippen molar-refractivity contribution >= 4 is 21.7 Å². The van der Waals surface area contributed by atoms with Crippen LogP contribution in [0.25, 0.3) is 0 Å². The van der Waals surface area contributed by atoms with Gasteiger partial charge in [-0.25, -0.2) is 8.42 Å². The molecule has 24 heavy (non-hydrogen) atoms. The van der Waals surface area contributed by atoms with Gasteiger partial charge in [0, 0.05) is 18.4 Å². The molecule has 1 aliphatic rings. The number of carbonyl (C=O) groups excluding carboxylic acids is 1. The average molecular weight is 353 g/mol. The Morgan fingerprint density at radius 1 is 1.17 bits per heavy atom. The fourth-order valence-electron chi connectivity index (χ4n) is 2.89. The molecule has 2 rings (SSSR count). The van der Waals surface area contributed by atoms with Gasteiger partial charge in [0.15, 0.2) is 0 Å². The van der Waals surface area contributed by atoms with Crippen molar-refractivity contribution in [2.45, 2.75) is 38.1 Å². The quantitative estimate of drug-likeness (QED) is 0.772.